The number of carbonyl (C=O) groups excluding carboxylic acids is 1. The third-order valence-electron chi connectivity index (χ3n) is 5.37. The van der Waals surface area contributed by atoms with Crippen molar-refractivity contribution in [3.05, 3.63) is 22.7 Å². The van der Waals surface area contributed by atoms with E-state index in [4.69, 9.17) is 11.6 Å². The third-order valence-corrected chi connectivity index (χ3v) is 7.02. The van der Waals surface area contributed by atoms with Gasteiger partial charge in [0.2, 0.25) is 0 Å². The van der Waals surface area contributed by atoms with Gasteiger partial charge >= 0.3 is 0 Å². The van der Waals surface area contributed by atoms with Crippen LogP contribution in [0.3, 0.4) is 0 Å². The first-order valence-electron chi connectivity index (χ1n) is 9.12. The maximum Gasteiger partial charge on any atom is 0.286 e. The van der Waals surface area contributed by atoms with E-state index in [1.807, 2.05) is 11.8 Å². The molecule has 2 aliphatic heterocycles. The summed E-state index contributed by atoms with van der Waals surface area (Å²) in [5, 5.41) is 3.20. The minimum atomic E-state index is -3.83. The molecular formula is C18H22ClN3O3S. The molecule has 1 atom stereocenters. The molecule has 6 nitrogen and oxygen atoms in total. The van der Waals surface area contributed by atoms with Crippen molar-refractivity contribution in [2.24, 2.45) is 10.3 Å². The first-order valence-corrected chi connectivity index (χ1v) is 10.9. The van der Waals surface area contributed by atoms with Crippen molar-refractivity contribution in [3.63, 3.8) is 0 Å². The number of anilines is 1. The number of carbonyl (C=O) groups is 1. The number of nitrogens with one attached hydrogen (secondary N) is 1. The molecule has 3 aliphatic rings. The maximum absolute atomic E-state index is 12.7. The van der Waals surface area contributed by atoms with Crippen LogP contribution in [-0.2, 0) is 10.0 Å². The minimum Gasteiger partial charge on any atom is -0.349 e. The monoisotopic (exact) mass is 395 g/mol. The number of nitrogens with zero attached hydrogens (tertiary/aromatic N) is 2. The van der Waals surface area contributed by atoms with Gasteiger partial charge in [-0.25, -0.2) is 0 Å². The SMILES string of the molecule is CC(NC(=O)c1cc2c(cc1Cl)N1CCCCCC1=NS2(=O)=O)C1CC1. The zero-order valence-corrected chi connectivity index (χ0v) is 16.2. The number of hydrogen-bond donors (Lipinski definition) is 1. The molecule has 1 aromatic rings. The van der Waals surface area contributed by atoms with Crippen LogP contribution < -0.4 is 10.2 Å². The molecule has 0 bridgehead atoms. The molecule has 1 saturated carbocycles. The zero-order valence-electron chi connectivity index (χ0n) is 14.7. The van der Waals surface area contributed by atoms with E-state index in [1.165, 1.54) is 6.07 Å². The van der Waals surface area contributed by atoms with Crippen LogP contribution in [0.5, 0.6) is 0 Å². The third kappa shape index (κ3) is 3.22. The van der Waals surface area contributed by atoms with E-state index in [0.717, 1.165) is 32.1 Å². The van der Waals surface area contributed by atoms with Crippen LogP contribution in [0, 0.1) is 5.92 Å². The van der Waals surface area contributed by atoms with Crippen molar-refractivity contribution < 1.29 is 13.2 Å². The normalized spacial score (nSPS) is 22.5. The number of hydrogen-bond acceptors (Lipinski definition) is 4. The summed E-state index contributed by atoms with van der Waals surface area (Å²) in [6, 6.07) is 3.04. The molecule has 1 saturated heterocycles. The summed E-state index contributed by atoms with van der Waals surface area (Å²) in [6.07, 6.45) is 5.79. The lowest BCUT2D eigenvalue weighted by Gasteiger charge is -2.30. The summed E-state index contributed by atoms with van der Waals surface area (Å²) in [4.78, 5) is 14.6. The molecule has 1 aromatic carbocycles. The number of amides is 1. The molecule has 140 valence electrons. The Morgan fingerprint density at radius 2 is 2.08 bits per heavy atom. The van der Waals surface area contributed by atoms with Crippen molar-refractivity contribution in [3.8, 4) is 0 Å². The summed E-state index contributed by atoms with van der Waals surface area (Å²) in [5.41, 5.74) is 0.726. The highest BCUT2D eigenvalue weighted by molar-refractivity contribution is 7.90. The predicted molar refractivity (Wildman–Crippen MR) is 102 cm³/mol. The van der Waals surface area contributed by atoms with Crippen LogP contribution in [0.25, 0.3) is 0 Å². The zero-order chi connectivity index (χ0) is 18.5. The highest BCUT2D eigenvalue weighted by Gasteiger charge is 2.34. The number of amidine groups is 1. The number of sulfonamides is 1. The summed E-state index contributed by atoms with van der Waals surface area (Å²) >= 11 is 6.38. The second kappa shape index (κ2) is 6.53. The van der Waals surface area contributed by atoms with Crippen molar-refractivity contribution in [1.29, 1.82) is 0 Å². The fourth-order valence-corrected chi connectivity index (χ4v) is 5.18. The van der Waals surface area contributed by atoms with Crippen LogP contribution in [0.1, 0.15) is 55.8 Å². The lowest BCUT2D eigenvalue weighted by atomic mass is 10.1. The average molecular weight is 396 g/mol. The fourth-order valence-electron chi connectivity index (χ4n) is 3.67. The Morgan fingerprint density at radius 1 is 1.31 bits per heavy atom. The van der Waals surface area contributed by atoms with Crippen molar-refractivity contribution in [2.75, 3.05) is 11.4 Å². The Kier molecular flexibility index (Phi) is 4.47. The van der Waals surface area contributed by atoms with Gasteiger partial charge in [-0.2, -0.15) is 8.42 Å². The van der Waals surface area contributed by atoms with Gasteiger partial charge in [0.1, 0.15) is 10.7 Å². The molecule has 4 rings (SSSR count). The summed E-state index contributed by atoms with van der Waals surface area (Å²) in [7, 11) is -3.83. The Bertz CT molecular complexity index is 893. The van der Waals surface area contributed by atoms with Gasteiger partial charge in [0, 0.05) is 19.0 Å². The second-order valence-electron chi connectivity index (χ2n) is 7.34. The fraction of sp³-hybridized carbons (Fsp3) is 0.556. The molecule has 8 heteroatoms. The van der Waals surface area contributed by atoms with Gasteiger partial charge < -0.3 is 10.2 Å². The van der Waals surface area contributed by atoms with Crippen LogP contribution in [0.4, 0.5) is 5.69 Å². The standard InChI is InChI=1S/C18H22ClN3O3S/c1-11(12-6-7-12)20-18(23)13-9-16-15(10-14(13)19)22-8-4-2-3-5-17(22)21-26(16,24)25/h9-12H,2-8H2,1H3,(H,20,23). The molecule has 0 aromatic heterocycles. The van der Waals surface area contributed by atoms with Crippen molar-refractivity contribution in [1.82, 2.24) is 5.32 Å². The molecule has 2 heterocycles. The Morgan fingerprint density at radius 3 is 2.81 bits per heavy atom. The Labute approximate surface area is 158 Å². The molecule has 1 N–H and O–H groups in total. The van der Waals surface area contributed by atoms with E-state index in [0.29, 0.717) is 30.4 Å². The predicted octanol–water partition coefficient (Wildman–Crippen LogP) is 3.35. The number of fused-ring (bicyclic) bond motifs is 3. The van der Waals surface area contributed by atoms with Crippen molar-refractivity contribution in [2.45, 2.75) is 56.4 Å². The molecule has 26 heavy (non-hydrogen) atoms. The van der Waals surface area contributed by atoms with Gasteiger partial charge in [-0.1, -0.05) is 18.0 Å². The molecular weight excluding hydrogens is 374 g/mol. The van der Waals surface area contributed by atoms with Crippen LogP contribution in [0.2, 0.25) is 5.02 Å². The molecule has 1 amide bonds. The first-order chi connectivity index (χ1) is 12.4. The van der Waals surface area contributed by atoms with E-state index >= 15 is 0 Å². The second-order valence-corrected chi connectivity index (χ2v) is 9.32. The van der Waals surface area contributed by atoms with Gasteiger partial charge in [-0.15, -0.1) is 4.40 Å². The lowest BCUT2D eigenvalue weighted by molar-refractivity contribution is 0.0936. The summed E-state index contributed by atoms with van der Waals surface area (Å²) in [6.45, 7) is 2.67. The van der Waals surface area contributed by atoms with E-state index < -0.39 is 10.0 Å². The largest absolute Gasteiger partial charge is 0.349 e. The van der Waals surface area contributed by atoms with E-state index in [9.17, 15) is 13.2 Å². The highest BCUT2D eigenvalue weighted by Crippen LogP contribution is 2.38. The quantitative estimate of drug-likeness (QED) is 0.851. The molecule has 1 aliphatic carbocycles. The first kappa shape index (κ1) is 17.8. The van der Waals surface area contributed by atoms with E-state index in [-0.39, 0.29) is 27.4 Å². The number of halogens is 1. The number of benzene rings is 1. The molecule has 1 unspecified atom stereocenters. The van der Waals surface area contributed by atoms with Gasteiger partial charge in [-0.3, -0.25) is 4.79 Å². The van der Waals surface area contributed by atoms with E-state index in [1.54, 1.807) is 6.07 Å². The van der Waals surface area contributed by atoms with Gasteiger partial charge in [-0.05, 0) is 50.7 Å². The average Bonchev–Trinajstić information content (AvgIpc) is 3.41. The maximum atomic E-state index is 12.7. The molecule has 0 radical (unpaired) electrons. The lowest BCUT2D eigenvalue weighted by Crippen LogP contribution is -2.36. The summed E-state index contributed by atoms with van der Waals surface area (Å²) in [5.74, 6) is 0.743. The smallest absolute Gasteiger partial charge is 0.286 e. The topological polar surface area (TPSA) is 78.8 Å². The Hall–Kier alpha value is -1.60. The highest BCUT2D eigenvalue weighted by atomic mass is 35.5. The van der Waals surface area contributed by atoms with Crippen molar-refractivity contribution >= 4 is 39.1 Å². The number of rotatable bonds is 3. The van der Waals surface area contributed by atoms with Crippen LogP contribution in [0.15, 0.2) is 21.4 Å². The molecule has 2 fully saturated rings. The summed E-state index contributed by atoms with van der Waals surface area (Å²) < 4.78 is 29.4. The minimum absolute atomic E-state index is 0.0569. The van der Waals surface area contributed by atoms with Gasteiger partial charge in [0.15, 0.2) is 0 Å². The Balaban J connectivity index is 1.73. The van der Waals surface area contributed by atoms with E-state index in [2.05, 4.69) is 9.71 Å². The van der Waals surface area contributed by atoms with Crippen LogP contribution >= 0.6 is 11.6 Å². The van der Waals surface area contributed by atoms with Gasteiger partial charge in [0.25, 0.3) is 15.9 Å². The van der Waals surface area contributed by atoms with Gasteiger partial charge in [0.05, 0.1) is 16.3 Å². The van der Waals surface area contributed by atoms with Crippen LogP contribution in [-0.4, -0.2) is 32.7 Å². The molecule has 0 spiro atoms.